The Balaban J connectivity index is 2.21. The summed E-state index contributed by atoms with van der Waals surface area (Å²) in [6.07, 6.45) is 9.29. The molecule has 0 saturated heterocycles. The lowest BCUT2D eigenvalue weighted by molar-refractivity contribution is 0.869. The van der Waals surface area contributed by atoms with E-state index in [1.165, 1.54) is 27.5 Å². The maximum atomic E-state index is 3.21. The molecule has 0 nitrogen and oxygen atoms in total. The third-order valence-electron chi connectivity index (χ3n) is 3.69. The van der Waals surface area contributed by atoms with Crippen LogP contribution in [0, 0.1) is 0 Å². The first-order valence-electron chi connectivity index (χ1n) is 6.88. The zero-order chi connectivity index (χ0) is 13.2. The van der Waals surface area contributed by atoms with Crippen LogP contribution in [0.5, 0.6) is 0 Å². The molecule has 0 N–H and O–H groups in total. The van der Waals surface area contributed by atoms with Gasteiger partial charge in [-0.2, -0.15) is 0 Å². The highest BCUT2D eigenvalue weighted by Gasteiger charge is 2.05. The smallest absolute Gasteiger partial charge is 0.00877 e. The number of allylic oxidation sites excluding steroid dienone is 3. The van der Waals surface area contributed by atoms with E-state index in [9.17, 15) is 0 Å². The lowest BCUT2D eigenvalue weighted by Crippen LogP contribution is -1.91. The molecule has 3 rings (SSSR count). The normalized spacial score (nSPS) is 15.3. The Labute approximate surface area is 114 Å². The van der Waals surface area contributed by atoms with E-state index in [4.69, 9.17) is 0 Å². The van der Waals surface area contributed by atoms with Gasteiger partial charge in [0, 0.05) is 0 Å². The Hall–Kier alpha value is -2.04. The number of hydrogen-bond acceptors (Lipinski definition) is 0. The minimum absolute atomic E-state index is 0.574. The largest absolute Gasteiger partial charge is 0.120 e. The third-order valence-corrected chi connectivity index (χ3v) is 3.69. The minimum Gasteiger partial charge on any atom is -0.120 e. The van der Waals surface area contributed by atoms with Crippen molar-refractivity contribution in [3.63, 3.8) is 0 Å². The van der Waals surface area contributed by atoms with E-state index in [1.807, 2.05) is 6.08 Å². The summed E-state index contributed by atoms with van der Waals surface area (Å²) in [7, 11) is 0. The molecular weight excluding hydrogens is 228 g/mol. The molecule has 0 fully saturated rings. The van der Waals surface area contributed by atoms with Crippen molar-refractivity contribution in [2.75, 3.05) is 0 Å². The van der Waals surface area contributed by atoms with E-state index in [0.29, 0.717) is 5.92 Å². The van der Waals surface area contributed by atoms with E-state index >= 15 is 0 Å². The van der Waals surface area contributed by atoms with E-state index in [1.54, 1.807) is 0 Å². The summed E-state index contributed by atoms with van der Waals surface area (Å²) in [5.41, 5.74) is 7.27. The fourth-order valence-corrected chi connectivity index (χ4v) is 2.51. The van der Waals surface area contributed by atoms with Gasteiger partial charge in [-0.05, 0) is 58.0 Å². The predicted molar refractivity (Wildman–Crippen MR) is 83.4 cm³/mol. The molecule has 0 amide bonds. The van der Waals surface area contributed by atoms with Crippen molar-refractivity contribution in [3.05, 3.63) is 71.0 Å². The standard InChI is InChI=1S/C19H18/c1-14(2)15-9-10-18-12-16-7-5-3-4-6-8-17(16)13-19(18)11-15/h3-5,8-14H,7H2,1-2H3/b5-3-. The molecule has 94 valence electrons. The second-order valence-electron chi connectivity index (χ2n) is 5.42. The van der Waals surface area contributed by atoms with Gasteiger partial charge in [-0.1, -0.05) is 50.3 Å². The number of fused-ring (bicyclic) bond motifs is 2. The number of benzene rings is 2. The maximum absolute atomic E-state index is 3.21. The van der Waals surface area contributed by atoms with Crippen LogP contribution >= 0.6 is 0 Å². The van der Waals surface area contributed by atoms with Gasteiger partial charge in [0.2, 0.25) is 0 Å². The van der Waals surface area contributed by atoms with Gasteiger partial charge in [0.1, 0.15) is 0 Å². The van der Waals surface area contributed by atoms with Gasteiger partial charge in [0.15, 0.2) is 0 Å². The van der Waals surface area contributed by atoms with Gasteiger partial charge in [-0.25, -0.2) is 0 Å². The van der Waals surface area contributed by atoms with Crippen LogP contribution < -0.4 is 0 Å². The third kappa shape index (κ3) is 2.41. The van der Waals surface area contributed by atoms with Crippen molar-refractivity contribution < 1.29 is 0 Å². The molecule has 2 aromatic rings. The molecule has 0 saturated carbocycles. The van der Waals surface area contributed by atoms with Crippen molar-refractivity contribution in [3.8, 4) is 0 Å². The average molecular weight is 246 g/mol. The van der Waals surface area contributed by atoms with E-state index in [-0.39, 0.29) is 0 Å². The highest BCUT2D eigenvalue weighted by Crippen LogP contribution is 2.26. The summed E-state index contributed by atoms with van der Waals surface area (Å²) < 4.78 is 0. The molecule has 0 unspecified atom stereocenters. The van der Waals surface area contributed by atoms with Crippen LogP contribution in [0.3, 0.4) is 0 Å². The summed E-state index contributed by atoms with van der Waals surface area (Å²) in [4.78, 5) is 0. The van der Waals surface area contributed by atoms with Gasteiger partial charge >= 0.3 is 0 Å². The highest BCUT2D eigenvalue weighted by atomic mass is 14.1. The Morgan fingerprint density at radius 1 is 1.05 bits per heavy atom. The molecule has 19 heavy (non-hydrogen) atoms. The lowest BCUT2D eigenvalue weighted by Gasteiger charge is -2.10. The Kier molecular flexibility index (Phi) is 3.11. The van der Waals surface area contributed by atoms with Crippen LogP contribution in [0.4, 0.5) is 0 Å². The average Bonchev–Trinajstić information content (AvgIpc) is 2.38. The van der Waals surface area contributed by atoms with Crippen LogP contribution in [0.1, 0.15) is 36.5 Å². The predicted octanol–water partition coefficient (Wildman–Crippen LogP) is 5.24. The monoisotopic (exact) mass is 246 g/mol. The van der Waals surface area contributed by atoms with Gasteiger partial charge in [-0.15, -0.1) is 5.73 Å². The van der Waals surface area contributed by atoms with E-state index in [2.05, 4.69) is 68.1 Å². The molecule has 0 bridgehead atoms. The van der Waals surface area contributed by atoms with Crippen LogP contribution in [-0.4, -0.2) is 0 Å². The maximum Gasteiger partial charge on any atom is -0.00877 e. The van der Waals surface area contributed by atoms with Crippen molar-refractivity contribution in [1.82, 2.24) is 0 Å². The molecule has 0 atom stereocenters. The fraction of sp³-hybridized carbons (Fsp3) is 0.211. The molecule has 0 aliphatic heterocycles. The second-order valence-corrected chi connectivity index (χ2v) is 5.42. The van der Waals surface area contributed by atoms with Crippen LogP contribution in [-0.2, 0) is 6.42 Å². The van der Waals surface area contributed by atoms with Crippen LogP contribution in [0.15, 0.2) is 54.3 Å². The van der Waals surface area contributed by atoms with Gasteiger partial charge in [0.05, 0.1) is 0 Å². The minimum atomic E-state index is 0.574. The molecule has 2 aromatic carbocycles. The van der Waals surface area contributed by atoms with Crippen LogP contribution in [0.2, 0.25) is 0 Å². The van der Waals surface area contributed by atoms with Crippen LogP contribution in [0.25, 0.3) is 16.8 Å². The summed E-state index contributed by atoms with van der Waals surface area (Å²) in [6.45, 7) is 4.48. The summed E-state index contributed by atoms with van der Waals surface area (Å²) in [6, 6.07) is 11.4. The number of hydrogen-bond donors (Lipinski definition) is 0. The highest BCUT2D eigenvalue weighted by molar-refractivity contribution is 5.87. The van der Waals surface area contributed by atoms with Crippen molar-refractivity contribution in [1.29, 1.82) is 0 Å². The summed E-state index contributed by atoms with van der Waals surface area (Å²) in [5, 5.41) is 2.65. The number of rotatable bonds is 1. The Bertz CT molecular complexity index is 708. The van der Waals surface area contributed by atoms with E-state index in [0.717, 1.165) is 6.42 Å². The molecule has 1 aliphatic rings. The zero-order valence-electron chi connectivity index (χ0n) is 11.5. The first-order chi connectivity index (χ1) is 9.24. The molecular formula is C19H18. The molecule has 0 aromatic heterocycles. The van der Waals surface area contributed by atoms with Crippen molar-refractivity contribution in [2.24, 2.45) is 0 Å². The van der Waals surface area contributed by atoms with Crippen molar-refractivity contribution in [2.45, 2.75) is 26.2 Å². The zero-order valence-corrected chi connectivity index (χ0v) is 11.5. The quantitative estimate of drug-likeness (QED) is 0.603. The summed E-state index contributed by atoms with van der Waals surface area (Å²) >= 11 is 0. The fourth-order valence-electron chi connectivity index (χ4n) is 2.51. The Morgan fingerprint density at radius 3 is 2.79 bits per heavy atom. The first kappa shape index (κ1) is 12.0. The molecule has 0 spiro atoms. The van der Waals surface area contributed by atoms with Gasteiger partial charge in [0.25, 0.3) is 0 Å². The molecule has 0 heterocycles. The topological polar surface area (TPSA) is 0 Å². The first-order valence-corrected chi connectivity index (χ1v) is 6.88. The summed E-state index contributed by atoms with van der Waals surface area (Å²) in [5.74, 6) is 0.574. The second kappa shape index (κ2) is 4.91. The molecule has 0 radical (unpaired) electrons. The van der Waals surface area contributed by atoms with Gasteiger partial charge < -0.3 is 0 Å². The van der Waals surface area contributed by atoms with E-state index < -0.39 is 0 Å². The lowest BCUT2D eigenvalue weighted by atomic mass is 9.94. The molecule has 1 aliphatic carbocycles. The van der Waals surface area contributed by atoms with Crippen molar-refractivity contribution >= 4 is 16.8 Å². The SMILES string of the molecule is CC(C)c1ccc2cc3c(cc2c1)C=C=C/C=C\C3. The van der Waals surface area contributed by atoms with Gasteiger partial charge in [-0.3, -0.25) is 0 Å². The Morgan fingerprint density at radius 2 is 1.95 bits per heavy atom. The molecule has 0 heteroatoms.